The van der Waals surface area contributed by atoms with Gasteiger partial charge in [0.25, 0.3) is 5.91 Å². The number of amides is 2. The van der Waals surface area contributed by atoms with E-state index < -0.39 is 5.60 Å². The molecule has 1 atom stereocenters. The summed E-state index contributed by atoms with van der Waals surface area (Å²) in [5, 5.41) is 12.1. The summed E-state index contributed by atoms with van der Waals surface area (Å²) in [6, 6.07) is 18.6. The van der Waals surface area contributed by atoms with Crippen LogP contribution < -0.4 is 5.32 Å². The summed E-state index contributed by atoms with van der Waals surface area (Å²) in [7, 11) is 0. The van der Waals surface area contributed by atoms with Crippen LogP contribution in [-0.4, -0.2) is 35.6 Å². The lowest BCUT2D eigenvalue weighted by molar-refractivity contribution is 0.0178. The summed E-state index contributed by atoms with van der Waals surface area (Å²) in [6.07, 6.45) is 2.28. The molecule has 0 bridgehead atoms. The molecule has 0 radical (unpaired) electrons. The molecule has 1 saturated heterocycles. The van der Waals surface area contributed by atoms with Gasteiger partial charge in [0.15, 0.2) is 0 Å². The first-order chi connectivity index (χ1) is 15.2. The van der Waals surface area contributed by atoms with Crippen molar-refractivity contribution < 1.29 is 14.3 Å². The minimum Gasteiger partial charge on any atom is -0.444 e. The molecule has 6 heteroatoms. The van der Waals surface area contributed by atoms with Gasteiger partial charge in [0, 0.05) is 18.7 Å². The largest absolute Gasteiger partial charge is 0.444 e. The maximum Gasteiger partial charge on any atom is 0.410 e. The molecule has 2 aromatic carbocycles. The number of nitrogens with zero attached hydrogens (tertiary/aromatic N) is 2. The fraction of sp³-hybridized carbons (Fsp3) is 0.423. The lowest BCUT2D eigenvalue weighted by Gasteiger charge is -2.35. The molecule has 6 nitrogen and oxygen atoms in total. The number of likely N-dealkylation sites (tertiary alicyclic amines) is 1. The summed E-state index contributed by atoms with van der Waals surface area (Å²) < 4.78 is 5.49. The van der Waals surface area contributed by atoms with Crippen LogP contribution in [0.15, 0.2) is 54.6 Å². The minimum absolute atomic E-state index is 0.127. The van der Waals surface area contributed by atoms with Crippen LogP contribution in [0.4, 0.5) is 4.79 Å². The summed E-state index contributed by atoms with van der Waals surface area (Å²) in [5.41, 5.74) is 1.62. The Morgan fingerprint density at radius 1 is 1.09 bits per heavy atom. The van der Waals surface area contributed by atoms with E-state index >= 15 is 0 Å². The number of nitriles is 1. The van der Waals surface area contributed by atoms with Gasteiger partial charge in [-0.3, -0.25) is 4.79 Å². The van der Waals surface area contributed by atoms with Crippen molar-refractivity contribution in [2.45, 2.75) is 51.7 Å². The predicted molar refractivity (Wildman–Crippen MR) is 123 cm³/mol. The zero-order valence-corrected chi connectivity index (χ0v) is 19.0. The average molecular weight is 434 g/mol. The molecular weight excluding hydrogens is 402 g/mol. The third kappa shape index (κ3) is 6.58. The molecule has 0 aliphatic carbocycles. The number of carbonyl (C=O) groups excluding carboxylic acids is 2. The number of benzene rings is 2. The molecule has 1 N–H and O–H groups in total. The van der Waals surface area contributed by atoms with Gasteiger partial charge in [0.1, 0.15) is 5.60 Å². The predicted octanol–water partition coefficient (Wildman–Crippen LogP) is 5.07. The Morgan fingerprint density at radius 2 is 1.72 bits per heavy atom. The number of hydrogen-bond acceptors (Lipinski definition) is 4. The molecule has 1 heterocycles. The van der Waals surface area contributed by atoms with Gasteiger partial charge in [-0.1, -0.05) is 30.3 Å². The second-order valence-corrected chi connectivity index (χ2v) is 9.27. The highest BCUT2D eigenvalue weighted by molar-refractivity contribution is 5.94. The summed E-state index contributed by atoms with van der Waals surface area (Å²) in [6.45, 7) is 6.94. The van der Waals surface area contributed by atoms with Gasteiger partial charge in [-0.15, -0.1) is 0 Å². The number of piperidine rings is 1. The second kappa shape index (κ2) is 10.3. The Kier molecular flexibility index (Phi) is 7.53. The van der Waals surface area contributed by atoms with E-state index in [4.69, 9.17) is 10.00 Å². The first-order valence-corrected chi connectivity index (χ1v) is 11.1. The van der Waals surface area contributed by atoms with Crippen LogP contribution in [0.25, 0.3) is 0 Å². The summed E-state index contributed by atoms with van der Waals surface area (Å²) in [4.78, 5) is 27.0. The Morgan fingerprint density at radius 3 is 2.28 bits per heavy atom. The van der Waals surface area contributed by atoms with Crippen molar-refractivity contribution in [3.63, 3.8) is 0 Å². The van der Waals surface area contributed by atoms with Crippen LogP contribution in [0, 0.1) is 17.2 Å². The highest BCUT2D eigenvalue weighted by Crippen LogP contribution is 2.29. The van der Waals surface area contributed by atoms with E-state index in [1.165, 1.54) is 0 Å². The van der Waals surface area contributed by atoms with E-state index in [0.29, 0.717) is 30.1 Å². The highest BCUT2D eigenvalue weighted by Gasteiger charge is 2.29. The van der Waals surface area contributed by atoms with Crippen molar-refractivity contribution in [1.82, 2.24) is 10.2 Å². The van der Waals surface area contributed by atoms with Crippen molar-refractivity contribution in [3.8, 4) is 6.07 Å². The molecule has 168 valence electrons. The van der Waals surface area contributed by atoms with Gasteiger partial charge in [-0.2, -0.15) is 5.26 Å². The van der Waals surface area contributed by atoms with E-state index in [2.05, 4.69) is 11.4 Å². The average Bonchev–Trinajstić information content (AvgIpc) is 2.78. The molecule has 0 saturated carbocycles. The van der Waals surface area contributed by atoms with Crippen molar-refractivity contribution >= 4 is 12.0 Å². The van der Waals surface area contributed by atoms with E-state index in [1.807, 2.05) is 51.1 Å². The van der Waals surface area contributed by atoms with Crippen LogP contribution in [0.1, 0.15) is 67.6 Å². The Hall–Kier alpha value is -3.33. The van der Waals surface area contributed by atoms with Gasteiger partial charge in [-0.25, -0.2) is 4.79 Å². The zero-order valence-electron chi connectivity index (χ0n) is 19.0. The van der Waals surface area contributed by atoms with E-state index in [1.54, 1.807) is 29.2 Å². The fourth-order valence-electron chi connectivity index (χ4n) is 3.91. The molecular formula is C26H31N3O3. The molecule has 32 heavy (non-hydrogen) atoms. The summed E-state index contributed by atoms with van der Waals surface area (Å²) >= 11 is 0. The van der Waals surface area contributed by atoms with Gasteiger partial charge < -0.3 is 15.0 Å². The molecule has 1 fully saturated rings. The monoisotopic (exact) mass is 433 g/mol. The zero-order chi connectivity index (χ0) is 23.1. The van der Waals surface area contributed by atoms with Crippen LogP contribution in [0.2, 0.25) is 0 Å². The number of hydrogen-bond donors (Lipinski definition) is 1. The molecule has 0 spiro atoms. The molecule has 2 amide bonds. The fourth-order valence-corrected chi connectivity index (χ4v) is 3.91. The molecule has 3 rings (SSSR count). The van der Waals surface area contributed by atoms with Crippen molar-refractivity contribution in [2.75, 3.05) is 13.1 Å². The third-order valence-electron chi connectivity index (χ3n) is 5.62. The molecule has 1 aliphatic rings. The lowest BCUT2D eigenvalue weighted by Crippen LogP contribution is -2.42. The van der Waals surface area contributed by atoms with Crippen LogP contribution in [-0.2, 0) is 4.74 Å². The summed E-state index contributed by atoms with van der Waals surface area (Å²) in [5.74, 6) is 0.231. The molecule has 1 unspecified atom stereocenters. The smallest absolute Gasteiger partial charge is 0.410 e. The minimum atomic E-state index is -0.498. The standard InChI is InChI=1S/C26H31N3O3/c1-26(2,3)32-25(31)29-15-13-19(14-16-29)17-23(21-7-5-4-6-8-21)28-24(30)22-11-9-20(18-27)10-12-22/h4-12,19,23H,13-17H2,1-3H3,(H,28,30). The van der Waals surface area contributed by atoms with Crippen LogP contribution >= 0.6 is 0 Å². The van der Waals surface area contributed by atoms with Crippen molar-refractivity contribution in [3.05, 3.63) is 71.3 Å². The van der Waals surface area contributed by atoms with E-state index in [9.17, 15) is 9.59 Å². The maximum atomic E-state index is 12.9. The maximum absolute atomic E-state index is 12.9. The quantitative estimate of drug-likeness (QED) is 0.714. The number of nitrogens with one attached hydrogen (secondary N) is 1. The number of rotatable bonds is 5. The Labute approximate surface area is 190 Å². The second-order valence-electron chi connectivity index (χ2n) is 9.27. The van der Waals surface area contributed by atoms with Crippen molar-refractivity contribution in [2.24, 2.45) is 5.92 Å². The Bertz CT molecular complexity index is 951. The Balaban J connectivity index is 1.64. The first-order valence-electron chi connectivity index (χ1n) is 11.1. The highest BCUT2D eigenvalue weighted by atomic mass is 16.6. The van der Waals surface area contributed by atoms with Crippen LogP contribution in [0.3, 0.4) is 0 Å². The number of carbonyl (C=O) groups is 2. The van der Waals surface area contributed by atoms with Gasteiger partial charge >= 0.3 is 6.09 Å². The molecule has 1 aliphatic heterocycles. The van der Waals surface area contributed by atoms with Crippen molar-refractivity contribution in [1.29, 1.82) is 5.26 Å². The van der Waals surface area contributed by atoms with E-state index in [-0.39, 0.29) is 18.0 Å². The number of ether oxygens (including phenoxy) is 1. The topological polar surface area (TPSA) is 82.4 Å². The SMILES string of the molecule is CC(C)(C)OC(=O)N1CCC(CC(NC(=O)c2ccc(C#N)cc2)c2ccccc2)CC1. The third-order valence-corrected chi connectivity index (χ3v) is 5.62. The molecule has 2 aromatic rings. The normalized spacial score (nSPS) is 15.5. The van der Waals surface area contributed by atoms with E-state index in [0.717, 1.165) is 24.8 Å². The molecule has 0 aromatic heterocycles. The van der Waals surface area contributed by atoms with Gasteiger partial charge in [0.2, 0.25) is 0 Å². The lowest BCUT2D eigenvalue weighted by atomic mass is 9.87. The van der Waals surface area contributed by atoms with Gasteiger partial charge in [-0.05, 0) is 75.8 Å². The van der Waals surface area contributed by atoms with Crippen LogP contribution in [0.5, 0.6) is 0 Å². The van der Waals surface area contributed by atoms with Gasteiger partial charge in [0.05, 0.1) is 17.7 Å². The first kappa shape index (κ1) is 23.3.